The summed E-state index contributed by atoms with van der Waals surface area (Å²) in [5.74, 6) is 0.366. The summed E-state index contributed by atoms with van der Waals surface area (Å²) in [6, 6.07) is 0.392. The number of hydrogen-bond acceptors (Lipinski definition) is 3. The zero-order valence-electron chi connectivity index (χ0n) is 14.6. The molecule has 3 amide bonds. The summed E-state index contributed by atoms with van der Waals surface area (Å²) >= 11 is 0. The van der Waals surface area contributed by atoms with Crippen molar-refractivity contribution in [2.45, 2.75) is 39.7 Å². The van der Waals surface area contributed by atoms with Gasteiger partial charge in [0, 0.05) is 57.8 Å². The summed E-state index contributed by atoms with van der Waals surface area (Å²) in [5, 5.41) is 3.32. The number of carbonyl (C=O) groups excluding carboxylic acids is 2. The topological polar surface area (TPSA) is 55.9 Å². The Bertz CT molecular complexity index is 396. The lowest BCUT2D eigenvalue weighted by atomic mass is 9.94. The van der Waals surface area contributed by atoms with Crippen LogP contribution in [0.15, 0.2) is 0 Å². The van der Waals surface area contributed by atoms with Gasteiger partial charge < -0.3 is 20.0 Å². The molecule has 2 rings (SSSR count). The van der Waals surface area contributed by atoms with Crippen LogP contribution in [0.25, 0.3) is 0 Å². The van der Waals surface area contributed by atoms with Crippen LogP contribution in [-0.4, -0.2) is 78.5 Å². The molecule has 2 aliphatic rings. The molecule has 2 heterocycles. The summed E-state index contributed by atoms with van der Waals surface area (Å²) in [6.07, 6.45) is 1.59. The minimum atomic E-state index is 0. The number of halogens is 1. The molecule has 0 radical (unpaired) electrons. The minimum Gasteiger partial charge on any atom is -0.337 e. The standard InChI is InChI=1S/C16H30N4O2.ClH/c1-4-18(5-2)16(22)19-9-6-14(7-10-19)15(21)20-11-8-17-12-13(20)3;/h13-14,17H,4-12H2,1-3H3;1H/t13-;/m0./s1. The third kappa shape index (κ3) is 4.73. The maximum Gasteiger partial charge on any atom is 0.319 e. The summed E-state index contributed by atoms with van der Waals surface area (Å²) in [7, 11) is 0. The van der Waals surface area contributed by atoms with E-state index in [0.29, 0.717) is 13.1 Å². The molecule has 2 saturated heterocycles. The van der Waals surface area contributed by atoms with E-state index < -0.39 is 0 Å². The lowest BCUT2D eigenvalue weighted by Gasteiger charge is -2.39. The van der Waals surface area contributed by atoms with Gasteiger partial charge in [0.15, 0.2) is 0 Å². The molecule has 2 fully saturated rings. The lowest BCUT2D eigenvalue weighted by Crippen LogP contribution is -2.55. The zero-order chi connectivity index (χ0) is 16.1. The number of piperazine rings is 1. The Morgan fingerprint density at radius 1 is 1.13 bits per heavy atom. The molecule has 0 spiro atoms. The van der Waals surface area contributed by atoms with E-state index in [1.165, 1.54) is 0 Å². The van der Waals surface area contributed by atoms with E-state index in [1.54, 1.807) is 0 Å². The molecule has 1 atom stereocenters. The normalized spacial score (nSPS) is 22.5. The number of urea groups is 1. The monoisotopic (exact) mass is 346 g/mol. The van der Waals surface area contributed by atoms with E-state index in [-0.39, 0.29) is 36.3 Å². The van der Waals surface area contributed by atoms with E-state index in [4.69, 9.17) is 0 Å². The quantitative estimate of drug-likeness (QED) is 0.840. The number of hydrogen-bond donors (Lipinski definition) is 1. The molecule has 23 heavy (non-hydrogen) atoms. The number of nitrogens with zero attached hydrogens (tertiary/aromatic N) is 3. The molecule has 0 aromatic rings. The highest BCUT2D eigenvalue weighted by Gasteiger charge is 2.33. The van der Waals surface area contributed by atoms with Crippen molar-refractivity contribution in [3.05, 3.63) is 0 Å². The third-order valence-corrected chi connectivity index (χ3v) is 4.93. The average Bonchev–Trinajstić information content (AvgIpc) is 2.56. The summed E-state index contributed by atoms with van der Waals surface area (Å²) in [4.78, 5) is 30.8. The predicted molar refractivity (Wildman–Crippen MR) is 93.9 cm³/mol. The number of nitrogens with one attached hydrogen (secondary N) is 1. The highest BCUT2D eigenvalue weighted by molar-refractivity contribution is 5.85. The number of amides is 3. The largest absolute Gasteiger partial charge is 0.337 e. The Morgan fingerprint density at radius 2 is 1.74 bits per heavy atom. The molecular formula is C16H31ClN4O2. The first-order chi connectivity index (χ1) is 10.6. The van der Waals surface area contributed by atoms with Crippen molar-refractivity contribution in [1.82, 2.24) is 20.0 Å². The van der Waals surface area contributed by atoms with Crippen LogP contribution in [-0.2, 0) is 4.79 Å². The van der Waals surface area contributed by atoms with Gasteiger partial charge in [0.05, 0.1) is 0 Å². The summed E-state index contributed by atoms with van der Waals surface area (Å²) < 4.78 is 0. The number of likely N-dealkylation sites (tertiary alicyclic amines) is 1. The van der Waals surface area contributed by atoms with Gasteiger partial charge in [-0.05, 0) is 33.6 Å². The Hall–Kier alpha value is -1.01. The Labute approximate surface area is 146 Å². The van der Waals surface area contributed by atoms with Crippen molar-refractivity contribution >= 4 is 24.3 Å². The first-order valence-electron chi connectivity index (χ1n) is 8.63. The fraction of sp³-hybridized carbons (Fsp3) is 0.875. The van der Waals surface area contributed by atoms with Crippen LogP contribution in [0, 0.1) is 5.92 Å². The van der Waals surface area contributed by atoms with Gasteiger partial charge in [-0.1, -0.05) is 0 Å². The van der Waals surface area contributed by atoms with Crippen LogP contribution in [0.5, 0.6) is 0 Å². The van der Waals surface area contributed by atoms with Crippen molar-refractivity contribution < 1.29 is 9.59 Å². The molecule has 0 unspecified atom stereocenters. The van der Waals surface area contributed by atoms with Crippen molar-refractivity contribution in [2.24, 2.45) is 5.92 Å². The number of carbonyl (C=O) groups is 2. The molecule has 0 bridgehead atoms. The van der Waals surface area contributed by atoms with Gasteiger partial charge in [0.2, 0.25) is 5.91 Å². The minimum absolute atomic E-state index is 0. The van der Waals surface area contributed by atoms with Crippen LogP contribution in [0.4, 0.5) is 4.79 Å². The predicted octanol–water partition coefficient (Wildman–Crippen LogP) is 1.40. The van der Waals surface area contributed by atoms with E-state index in [0.717, 1.165) is 45.6 Å². The fourth-order valence-electron chi connectivity index (χ4n) is 3.41. The van der Waals surface area contributed by atoms with Crippen molar-refractivity contribution in [3.8, 4) is 0 Å². The van der Waals surface area contributed by atoms with E-state index in [9.17, 15) is 9.59 Å². The maximum absolute atomic E-state index is 12.7. The highest BCUT2D eigenvalue weighted by Crippen LogP contribution is 2.22. The Balaban J connectivity index is 0.00000264. The second-order valence-electron chi connectivity index (χ2n) is 6.30. The van der Waals surface area contributed by atoms with Gasteiger partial charge in [-0.3, -0.25) is 4.79 Å². The van der Waals surface area contributed by atoms with Gasteiger partial charge >= 0.3 is 6.03 Å². The summed E-state index contributed by atoms with van der Waals surface area (Å²) in [6.45, 7) is 11.6. The zero-order valence-corrected chi connectivity index (χ0v) is 15.4. The van der Waals surface area contributed by atoms with Crippen LogP contribution < -0.4 is 5.32 Å². The second kappa shape index (κ2) is 9.33. The molecule has 0 aromatic carbocycles. The van der Waals surface area contributed by atoms with Gasteiger partial charge in [0.1, 0.15) is 0 Å². The van der Waals surface area contributed by atoms with Crippen LogP contribution in [0.1, 0.15) is 33.6 Å². The fourth-order valence-corrected chi connectivity index (χ4v) is 3.41. The second-order valence-corrected chi connectivity index (χ2v) is 6.30. The Morgan fingerprint density at radius 3 is 2.26 bits per heavy atom. The molecule has 7 heteroatoms. The molecule has 134 valence electrons. The number of piperidine rings is 1. The van der Waals surface area contributed by atoms with Crippen LogP contribution in [0.3, 0.4) is 0 Å². The lowest BCUT2D eigenvalue weighted by molar-refractivity contribution is -0.139. The molecule has 1 N–H and O–H groups in total. The van der Waals surface area contributed by atoms with Crippen molar-refractivity contribution in [2.75, 3.05) is 45.8 Å². The van der Waals surface area contributed by atoms with E-state index in [1.807, 2.05) is 28.5 Å². The molecule has 0 aromatic heterocycles. The average molecular weight is 347 g/mol. The van der Waals surface area contributed by atoms with Crippen molar-refractivity contribution in [3.63, 3.8) is 0 Å². The van der Waals surface area contributed by atoms with Crippen LogP contribution in [0.2, 0.25) is 0 Å². The highest BCUT2D eigenvalue weighted by atomic mass is 35.5. The first-order valence-corrected chi connectivity index (χ1v) is 8.63. The SMILES string of the molecule is CCN(CC)C(=O)N1CCC(C(=O)N2CCNC[C@@H]2C)CC1.Cl. The van der Waals surface area contributed by atoms with E-state index >= 15 is 0 Å². The smallest absolute Gasteiger partial charge is 0.319 e. The molecule has 2 aliphatic heterocycles. The van der Waals surface area contributed by atoms with Crippen molar-refractivity contribution in [1.29, 1.82) is 0 Å². The molecule has 6 nitrogen and oxygen atoms in total. The molecular weight excluding hydrogens is 316 g/mol. The van der Waals surface area contributed by atoms with E-state index in [2.05, 4.69) is 12.2 Å². The van der Waals surface area contributed by atoms with Gasteiger partial charge in [-0.15, -0.1) is 12.4 Å². The third-order valence-electron chi connectivity index (χ3n) is 4.93. The molecule has 0 aliphatic carbocycles. The molecule has 0 saturated carbocycles. The first kappa shape index (κ1) is 20.0. The Kier molecular flexibility index (Phi) is 8.12. The summed E-state index contributed by atoms with van der Waals surface area (Å²) in [5.41, 5.74) is 0. The van der Waals surface area contributed by atoms with Gasteiger partial charge in [0.25, 0.3) is 0 Å². The maximum atomic E-state index is 12.7. The number of rotatable bonds is 3. The van der Waals surface area contributed by atoms with Crippen LogP contribution >= 0.6 is 12.4 Å². The van der Waals surface area contributed by atoms with Gasteiger partial charge in [-0.25, -0.2) is 4.79 Å². The van der Waals surface area contributed by atoms with Gasteiger partial charge in [-0.2, -0.15) is 0 Å².